The summed E-state index contributed by atoms with van der Waals surface area (Å²) in [6.07, 6.45) is 0.717. The molecule has 0 bridgehead atoms. The maximum absolute atomic E-state index is 11.3. The van der Waals surface area contributed by atoms with Crippen molar-refractivity contribution >= 4 is 17.8 Å². The van der Waals surface area contributed by atoms with Crippen LogP contribution >= 0.6 is 0 Å². The summed E-state index contributed by atoms with van der Waals surface area (Å²) in [6.45, 7) is 0. The Bertz CT molecular complexity index is 295. The molecule has 0 aromatic rings. The SMILES string of the molecule is COC(=O)CC(=O)NC1(C(=O)OC)CC1. The van der Waals surface area contributed by atoms with Gasteiger partial charge in [0.2, 0.25) is 5.91 Å². The van der Waals surface area contributed by atoms with Gasteiger partial charge in [0.25, 0.3) is 0 Å². The van der Waals surface area contributed by atoms with Crippen molar-refractivity contribution in [2.24, 2.45) is 0 Å². The minimum absolute atomic E-state index is 0.380. The lowest BCUT2D eigenvalue weighted by molar-refractivity contribution is -0.149. The van der Waals surface area contributed by atoms with Crippen LogP contribution in [0.1, 0.15) is 19.3 Å². The molecule has 84 valence electrons. The molecule has 0 spiro atoms. The van der Waals surface area contributed by atoms with Crippen LogP contribution in [0, 0.1) is 0 Å². The molecule has 1 amide bonds. The fourth-order valence-electron chi connectivity index (χ4n) is 1.21. The van der Waals surface area contributed by atoms with Gasteiger partial charge in [0, 0.05) is 0 Å². The Labute approximate surface area is 86.9 Å². The molecule has 0 atom stereocenters. The summed E-state index contributed by atoms with van der Waals surface area (Å²) in [7, 11) is 2.46. The van der Waals surface area contributed by atoms with Gasteiger partial charge >= 0.3 is 11.9 Å². The maximum Gasteiger partial charge on any atom is 0.331 e. The van der Waals surface area contributed by atoms with Gasteiger partial charge in [-0.05, 0) is 12.8 Å². The van der Waals surface area contributed by atoms with Crippen molar-refractivity contribution in [3.8, 4) is 0 Å². The molecule has 0 radical (unpaired) electrons. The molecule has 0 heterocycles. The van der Waals surface area contributed by atoms with Crippen LogP contribution in [0.15, 0.2) is 0 Å². The zero-order chi connectivity index (χ0) is 11.5. The van der Waals surface area contributed by atoms with Gasteiger partial charge in [-0.25, -0.2) is 4.79 Å². The number of rotatable bonds is 4. The van der Waals surface area contributed by atoms with Crippen LogP contribution < -0.4 is 5.32 Å². The standard InChI is InChI=1S/C9H13NO5/c1-14-7(12)5-6(11)10-9(3-4-9)8(13)15-2/h3-5H2,1-2H3,(H,10,11). The lowest BCUT2D eigenvalue weighted by Crippen LogP contribution is -2.44. The molecule has 1 fully saturated rings. The van der Waals surface area contributed by atoms with Crippen molar-refractivity contribution in [3.05, 3.63) is 0 Å². The second-order valence-electron chi connectivity index (χ2n) is 3.37. The molecule has 1 N–H and O–H groups in total. The zero-order valence-electron chi connectivity index (χ0n) is 8.66. The van der Waals surface area contributed by atoms with Gasteiger partial charge in [-0.1, -0.05) is 0 Å². The van der Waals surface area contributed by atoms with Crippen molar-refractivity contribution in [1.29, 1.82) is 0 Å². The molecule has 0 unspecified atom stereocenters. The molecule has 6 nitrogen and oxygen atoms in total. The number of hydrogen-bond acceptors (Lipinski definition) is 5. The van der Waals surface area contributed by atoms with Crippen molar-refractivity contribution in [2.75, 3.05) is 14.2 Å². The van der Waals surface area contributed by atoms with E-state index in [-0.39, 0.29) is 6.42 Å². The van der Waals surface area contributed by atoms with E-state index in [9.17, 15) is 14.4 Å². The summed E-state index contributed by atoms with van der Waals surface area (Å²) in [5, 5.41) is 2.47. The third-order valence-electron chi connectivity index (χ3n) is 2.24. The van der Waals surface area contributed by atoms with Crippen LogP contribution in [0.4, 0.5) is 0 Å². The number of carbonyl (C=O) groups excluding carboxylic acids is 3. The molecular weight excluding hydrogens is 202 g/mol. The van der Waals surface area contributed by atoms with Crippen molar-refractivity contribution in [3.63, 3.8) is 0 Å². The quantitative estimate of drug-likeness (QED) is 0.499. The van der Waals surface area contributed by atoms with E-state index in [1.807, 2.05) is 0 Å². The highest BCUT2D eigenvalue weighted by Crippen LogP contribution is 2.36. The monoisotopic (exact) mass is 215 g/mol. The second kappa shape index (κ2) is 4.29. The van der Waals surface area contributed by atoms with E-state index in [1.165, 1.54) is 14.2 Å². The maximum atomic E-state index is 11.3. The van der Waals surface area contributed by atoms with Gasteiger partial charge in [0.05, 0.1) is 14.2 Å². The van der Waals surface area contributed by atoms with Gasteiger partial charge in [-0.3, -0.25) is 9.59 Å². The number of esters is 2. The largest absolute Gasteiger partial charge is 0.469 e. The first-order chi connectivity index (χ1) is 7.04. The molecule has 1 aliphatic rings. The van der Waals surface area contributed by atoms with Crippen molar-refractivity contribution in [2.45, 2.75) is 24.8 Å². The van der Waals surface area contributed by atoms with Crippen LogP contribution in [0.3, 0.4) is 0 Å². The van der Waals surface area contributed by atoms with Crippen molar-refractivity contribution < 1.29 is 23.9 Å². The van der Waals surface area contributed by atoms with Gasteiger partial charge < -0.3 is 14.8 Å². The average molecular weight is 215 g/mol. The van der Waals surface area contributed by atoms with Crippen LogP contribution in [-0.4, -0.2) is 37.6 Å². The van der Waals surface area contributed by atoms with E-state index >= 15 is 0 Å². The number of amides is 1. The molecule has 0 aromatic carbocycles. The molecule has 0 aliphatic heterocycles. The summed E-state index contributed by atoms with van der Waals surface area (Å²) in [6, 6.07) is 0. The lowest BCUT2D eigenvalue weighted by atomic mass is 10.2. The van der Waals surface area contributed by atoms with E-state index < -0.39 is 23.4 Å². The van der Waals surface area contributed by atoms with Crippen LogP contribution in [-0.2, 0) is 23.9 Å². The van der Waals surface area contributed by atoms with Gasteiger partial charge in [0.15, 0.2) is 0 Å². The first kappa shape index (κ1) is 11.5. The highest BCUT2D eigenvalue weighted by Gasteiger charge is 2.52. The number of ether oxygens (including phenoxy) is 2. The van der Waals surface area contributed by atoms with E-state index in [2.05, 4.69) is 14.8 Å². The average Bonchev–Trinajstić information content (AvgIpc) is 2.97. The predicted molar refractivity (Wildman–Crippen MR) is 48.8 cm³/mol. The number of nitrogens with one attached hydrogen (secondary N) is 1. The highest BCUT2D eigenvalue weighted by molar-refractivity contribution is 5.98. The third-order valence-corrected chi connectivity index (χ3v) is 2.24. The van der Waals surface area contributed by atoms with Crippen molar-refractivity contribution in [1.82, 2.24) is 5.32 Å². The first-order valence-corrected chi connectivity index (χ1v) is 4.50. The third kappa shape index (κ3) is 2.68. The van der Waals surface area contributed by atoms with E-state index in [4.69, 9.17) is 0 Å². The molecular formula is C9H13NO5. The Kier molecular flexibility index (Phi) is 3.28. The fraction of sp³-hybridized carbons (Fsp3) is 0.667. The minimum atomic E-state index is -0.903. The summed E-state index contributed by atoms with van der Waals surface area (Å²) < 4.78 is 8.87. The minimum Gasteiger partial charge on any atom is -0.469 e. The predicted octanol–water partition coefficient (Wildman–Crippen LogP) is -0.629. The smallest absolute Gasteiger partial charge is 0.331 e. The summed E-state index contributed by atoms with van der Waals surface area (Å²) >= 11 is 0. The summed E-state index contributed by atoms with van der Waals surface area (Å²) in [4.78, 5) is 33.3. The number of methoxy groups -OCH3 is 2. The van der Waals surface area contributed by atoms with Gasteiger partial charge in [-0.15, -0.1) is 0 Å². The second-order valence-corrected chi connectivity index (χ2v) is 3.37. The number of hydrogen-bond donors (Lipinski definition) is 1. The molecule has 0 saturated heterocycles. The summed E-state index contributed by atoms with van der Waals surface area (Å²) in [5.74, 6) is -1.63. The molecule has 6 heteroatoms. The Morgan fingerprint density at radius 3 is 2.20 bits per heavy atom. The summed E-state index contributed by atoms with van der Waals surface area (Å²) in [5.41, 5.74) is -0.903. The molecule has 1 aliphatic carbocycles. The van der Waals surface area contributed by atoms with Gasteiger partial charge in [-0.2, -0.15) is 0 Å². The highest BCUT2D eigenvalue weighted by atomic mass is 16.5. The Hall–Kier alpha value is -1.59. The Morgan fingerprint density at radius 1 is 1.20 bits per heavy atom. The van der Waals surface area contributed by atoms with Crippen LogP contribution in [0.25, 0.3) is 0 Å². The zero-order valence-corrected chi connectivity index (χ0v) is 8.66. The normalized spacial score (nSPS) is 16.4. The van der Waals surface area contributed by atoms with Gasteiger partial charge in [0.1, 0.15) is 12.0 Å². The molecule has 1 rings (SSSR count). The molecule has 0 aromatic heterocycles. The van der Waals surface area contributed by atoms with Crippen LogP contribution in [0.5, 0.6) is 0 Å². The van der Waals surface area contributed by atoms with E-state index in [1.54, 1.807) is 0 Å². The fourth-order valence-corrected chi connectivity index (χ4v) is 1.21. The first-order valence-electron chi connectivity index (χ1n) is 4.50. The van der Waals surface area contributed by atoms with Crippen LogP contribution in [0.2, 0.25) is 0 Å². The molecule has 1 saturated carbocycles. The van der Waals surface area contributed by atoms with E-state index in [0.717, 1.165) is 0 Å². The lowest BCUT2D eigenvalue weighted by Gasteiger charge is -2.13. The topological polar surface area (TPSA) is 81.7 Å². The Morgan fingerprint density at radius 2 is 1.80 bits per heavy atom. The Balaban J connectivity index is 2.45. The molecule has 15 heavy (non-hydrogen) atoms. The van der Waals surface area contributed by atoms with E-state index in [0.29, 0.717) is 12.8 Å². The number of carbonyl (C=O) groups is 3.